The van der Waals surface area contributed by atoms with E-state index in [-0.39, 0.29) is 0 Å². The van der Waals surface area contributed by atoms with Gasteiger partial charge in [0.25, 0.3) is 0 Å². The summed E-state index contributed by atoms with van der Waals surface area (Å²) in [4.78, 5) is 0. The summed E-state index contributed by atoms with van der Waals surface area (Å²) < 4.78 is 18.5. The zero-order valence-corrected chi connectivity index (χ0v) is 9.82. The molecule has 4 heteroatoms. The van der Waals surface area contributed by atoms with Gasteiger partial charge < -0.3 is 9.84 Å². The van der Waals surface area contributed by atoms with Gasteiger partial charge in [0.05, 0.1) is 18.8 Å². The molecule has 3 nitrogen and oxygen atoms in total. The van der Waals surface area contributed by atoms with Crippen molar-refractivity contribution in [1.82, 2.24) is 0 Å². The average Bonchev–Trinajstić information content (AvgIpc) is 2.30. The molecule has 0 aliphatic heterocycles. The Balaban J connectivity index is 2.55. The Labute approximate surface area is 100 Å². The first-order chi connectivity index (χ1) is 8.15. The summed E-state index contributed by atoms with van der Waals surface area (Å²) in [5.41, 5.74) is 0.449. The second kappa shape index (κ2) is 6.87. The van der Waals surface area contributed by atoms with E-state index in [1.807, 2.05) is 0 Å². The van der Waals surface area contributed by atoms with Gasteiger partial charge >= 0.3 is 0 Å². The van der Waals surface area contributed by atoms with Gasteiger partial charge in [-0.3, -0.25) is 0 Å². The Kier molecular flexibility index (Phi) is 5.44. The molecule has 0 saturated carbocycles. The Bertz CT molecular complexity index is 399. The molecule has 0 spiro atoms. The van der Waals surface area contributed by atoms with Crippen LogP contribution in [0.1, 0.15) is 37.9 Å². The smallest absolute Gasteiger partial charge is 0.125 e. The standard InChI is InChI=1S/C13H16FNO2/c1-10(16)12-9-11(14)5-6-13(12)17-8-4-2-3-7-15/h5-6,9-10,16H,2-4,8H2,1H3/t10-/m1/s1. The number of unbranched alkanes of at least 4 members (excludes halogenated alkanes) is 2. The molecule has 1 N–H and O–H groups in total. The molecule has 92 valence electrons. The lowest BCUT2D eigenvalue weighted by Gasteiger charge is -2.13. The molecular weight excluding hydrogens is 221 g/mol. The van der Waals surface area contributed by atoms with Crippen molar-refractivity contribution in [2.24, 2.45) is 0 Å². The van der Waals surface area contributed by atoms with Crippen molar-refractivity contribution < 1.29 is 14.2 Å². The van der Waals surface area contributed by atoms with Crippen molar-refractivity contribution in [2.45, 2.75) is 32.3 Å². The molecule has 0 aliphatic carbocycles. The van der Waals surface area contributed by atoms with Crippen LogP contribution in [-0.2, 0) is 0 Å². The molecule has 1 aromatic rings. The third-order valence-corrected chi connectivity index (χ3v) is 2.36. The van der Waals surface area contributed by atoms with Gasteiger partial charge in [0.2, 0.25) is 0 Å². The van der Waals surface area contributed by atoms with Crippen LogP contribution in [0.5, 0.6) is 5.75 Å². The number of aliphatic hydroxyl groups excluding tert-OH is 1. The number of nitriles is 1. The normalized spacial score (nSPS) is 11.9. The Morgan fingerprint density at radius 2 is 2.24 bits per heavy atom. The van der Waals surface area contributed by atoms with Crippen LogP contribution in [0.4, 0.5) is 4.39 Å². The van der Waals surface area contributed by atoms with Gasteiger partial charge in [-0.2, -0.15) is 5.26 Å². The first kappa shape index (κ1) is 13.5. The number of halogens is 1. The number of benzene rings is 1. The predicted octanol–water partition coefficient (Wildman–Crippen LogP) is 2.95. The first-order valence-corrected chi connectivity index (χ1v) is 5.62. The van der Waals surface area contributed by atoms with E-state index in [2.05, 4.69) is 6.07 Å². The van der Waals surface area contributed by atoms with E-state index < -0.39 is 11.9 Å². The lowest BCUT2D eigenvalue weighted by atomic mass is 10.1. The Morgan fingerprint density at radius 1 is 1.47 bits per heavy atom. The van der Waals surface area contributed by atoms with Crippen LogP contribution in [-0.4, -0.2) is 11.7 Å². The molecule has 0 unspecified atom stereocenters. The van der Waals surface area contributed by atoms with Crippen molar-refractivity contribution in [2.75, 3.05) is 6.61 Å². The molecule has 0 bridgehead atoms. The molecule has 0 aromatic heterocycles. The molecule has 17 heavy (non-hydrogen) atoms. The van der Waals surface area contributed by atoms with E-state index in [0.29, 0.717) is 24.3 Å². The first-order valence-electron chi connectivity index (χ1n) is 5.62. The quantitative estimate of drug-likeness (QED) is 0.774. The molecule has 1 atom stereocenters. The fourth-order valence-electron chi connectivity index (χ4n) is 1.47. The molecule has 0 fully saturated rings. The summed E-state index contributed by atoms with van der Waals surface area (Å²) in [5.74, 6) is 0.107. The van der Waals surface area contributed by atoms with E-state index in [9.17, 15) is 9.50 Å². The van der Waals surface area contributed by atoms with Crippen LogP contribution in [0.2, 0.25) is 0 Å². The maximum atomic E-state index is 13.0. The largest absolute Gasteiger partial charge is 0.493 e. The fraction of sp³-hybridized carbons (Fsp3) is 0.462. The highest BCUT2D eigenvalue weighted by Crippen LogP contribution is 2.26. The summed E-state index contributed by atoms with van der Waals surface area (Å²) in [5, 5.41) is 17.8. The van der Waals surface area contributed by atoms with E-state index in [1.165, 1.54) is 18.2 Å². The Hall–Kier alpha value is -1.60. The molecule has 1 rings (SSSR count). The minimum atomic E-state index is -0.764. The van der Waals surface area contributed by atoms with Gasteiger partial charge in [0, 0.05) is 12.0 Å². The monoisotopic (exact) mass is 237 g/mol. The summed E-state index contributed by atoms with van der Waals surface area (Å²) in [6.45, 7) is 2.03. The second-order valence-corrected chi connectivity index (χ2v) is 3.82. The molecular formula is C13H16FNO2. The number of nitrogens with zero attached hydrogens (tertiary/aromatic N) is 1. The van der Waals surface area contributed by atoms with E-state index in [1.54, 1.807) is 6.92 Å². The van der Waals surface area contributed by atoms with Crippen LogP contribution < -0.4 is 4.74 Å². The molecule has 0 amide bonds. The zero-order chi connectivity index (χ0) is 12.7. The van der Waals surface area contributed by atoms with Crippen molar-refractivity contribution in [3.63, 3.8) is 0 Å². The van der Waals surface area contributed by atoms with Crippen molar-refractivity contribution in [3.05, 3.63) is 29.6 Å². The number of rotatable bonds is 6. The minimum Gasteiger partial charge on any atom is -0.493 e. The summed E-state index contributed by atoms with van der Waals surface area (Å²) >= 11 is 0. The van der Waals surface area contributed by atoms with Gasteiger partial charge in [0.1, 0.15) is 11.6 Å². The van der Waals surface area contributed by atoms with Crippen molar-refractivity contribution in [1.29, 1.82) is 5.26 Å². The van der Waals surface area contributed by atoms with Gasteiger partial charge in [-0.25, -0.2) is 4.39 Å². The highest BCUT2D eigenvalue weighted by molar-refractivity contribution is 5.35. The predicted molar refractivity (Wildman–Crippen MR) is 62.0 cm³/mol. The van der Waals surface area contributed by atoms with Gasteiger partial charge in [0.15, 0.2) is 0 Å². The number of hydrogen-bond acceptors (Lipinski definition) is 3. The van der Waals surface area contributed by atoms with Gasteiger partial charge in [-0.15, -0.1) is 0 Å². The fourth-order valence-corrected chi connectivity index (χ4v) is 1.47. The van der Waals surface area contributed by atoms with Crippen molar-refractivity contribution >= 4 is 0 Å². The Morgan fingerprint density at radius 3 is 2.88 bits per heavy atom. The molecule has 0 radical (unpaired) electrons. The van der Waals surface area contributed by atoms with Crippen LogP contribution in [0.3, 0.4) is 0 Å². The summed E-state index contributed by atoms with van der Waals surface area (Å²) in [6.07, 6.45) is 1.29. The lowest BCUT2D eigenvalue weighted by molar-refractivity contribution is 0.190. The van der Waals surface area contributed by atoms with Crippen LogP contribution in [0.25, 0.3) is 0 Å². The van der Waals surface area contributed by atoms with Crippen LogP contribution in [0.15, 0.2) is 18.2 Å². The molecule has 0 heterocycles. The number of hydrogen-bond donors (Lipinski definition) is 1. The van der Waals surface area contributed by atoms with Gasteiger partial charge in [-0.05, 0) is 38.0 Å². The number of ether oxygens (including phenoxy) is 1. The third kappa shape index (κ3) is 4.41. The molecule has 1 aromatic carbocycles. The number of aliphatic hydroxyl groups is 1. The maximum Gasteiger partial charge on any atom is 0.125 e. The zero-order valence-electron chi connectivity index (χ0n) is 9.82. The molecule has 0 saturated heterocycles. The second-order valence-electron chi connectivity index (χ2n) is 3.82. The highest BCUT2D eigenvalue weighted by atomic mass is 19.1. The van der Waals surface area contributed by atoms with Crippen LogP contribution >= 0.6 is 0 Å². The topological polar surface area (TPSA) is 53.2 Å². The SMILES string of the molecule is C[C@@H](O)c1cc(F)ccc1OCCCCC#N. The highest BCUT2D eigenvalue weighted by Gasteiger charge is 2.10. The van der Waals surface area contributed by atoms with Crippen LogP contribution in [0, 0.1) is 17.1 Å². The van der Waals surface area contributed by atoms with Crippen molar-refractivity contribution in [3.8, 4) is 11.8 Å². The molecule has 0 aliphatic rings. The van der Waals surface area contributed by atoms with E-state index in [0.717, 1.165) is 12.8 Å². The summed E-state index contributed by atoms with van der Waals surface area (Å²) in [6, 6.07) is 6.15. The van der Waals surface area contributed by atoms with E-state index >= 15 is 0 Å². The summed E-state index contributed by atoms with van der Waals surface area (Å²) in [7, 11) is 0. The third-order valence-electron chi connectivity index (χ3n) is 2.36. The minimum absolute atomic E-state index is 0.391. The van der Waals surface area contributed by atoms with E-state index in [4.69, 9.17) is 10.00 Å². The van der Waals surface area contributed by atoms with Gasteiger partial charge in [-0.1, -0.05) is 0 Å². The average molecular weight is 237 g/mol. The lowest BCUT2D eigenvalue weighted by Crippen LogP contribution is -2.02. The maximum absolute atomic E-state index is 13.0.